The van der Waals surface area contributed by atoms with Gasteiger partial charge < -0.3 is 5.32 Å². The molecule has 0 bridgehead atoms. The molecule has 19 heavy (non-hydrogen) atoms. The highest BCUT2D eigenvalue weighted by molar-refractivity contribution is 6.41. The number of nitrogens with one attached hydrogen (secondary N) is 1. The van der Waals surface area contributed by atoms with Crippen LogP contribution < -0.4 is 5.32 Å². The molecule has 2 aromatic carbocycles. The Kier molecular flexibility index (Phi) is 4.69. The SMILES string of the molecule is CNCc1ccc(F)cc1-c1c(Cl)cc(Cl)cc1Cl. The summed E-state index contributed by atoms with van der Waals surface area (Å²) in [4.78, 5) is 0. The van der Waals surface area contributed by atoms with Crippen molar-refractivity contribution >= 4 is 34.8 Å². The lowest BCUT2D eigenvalue weighted by Crippen LogP contribution is -2.06. The highest BCUT2D eigenvalue weighted by Crippen LogP contribution is 2.39. The fourth-order valence-corrected chi connectivity index (χ4v) is 2.95. The van der Waals surface area contributed by atoms with Crippen molar-refractivity contribution < 1.29 is 4.39 Å². The van der Waals surface area contributed by atoms with Crippen molar-refractivity contribution in [2.45, 2.75) is 6.54 Å². The van der Waals surface area contributed by atoms with Gasteiger partial charge in [-0.25, -0.2) is 4.39 Å². The standard InChI is InChI=1S/C14H11Cl3FN/c1-19-7-8-2-3-10(18)6-11(8)14-12(16)4-9(15)5-13(14)17/h2-6,19H,7H2,1H3. The molecule has 100 valence electrons. The monoisotopic (exact) mass is 317 g/mol. The molecule has 0 aliphatic carbocycles. The molecule has 0 atom stereocenters. The Balaban J connectivity index is 2.67. The number of hydrogen-bond acceptors (Lipinski definition) is 1. The fourth-order valence-electron chi connectivity index (χ4n) is 1.93. The normalized spacial score (nSPS) is 10.8. The number of rotatable bonds is 3. The molecule has 0 unspecified atom stereocenters. The first-order valence-electron chi connectivity index (χ1n) is 5.61. The van der Waals surface area contributed by atoms with E-state index < -0.39 is 0 Å². The minimum Gasteiger partial charge on any atom is -0.316 e. The topological polar surface area (TPSA) is 12.0 Å². The summed E-state index contributed by atoms with van der Waals surface area (Å²) in [5.41, 5.74) is 2.17. The molecular weight excluding hydrogens is 308 g/mol. The molecule has 0 radical (unpaired) electrons. The van der Waals surface area contributed by atoms with E-state index in [1.165, 1.54) is 12.1 Å². The van der Waals surface area contributed by atoms with Crippen molar-refractivity contribution in [1.29, 1.82) is 0 Å². The maximum atomic E-state index is 13.5. The maximum Gasteiger partial charge on any atom is 0.123 e. The fraction of sp³-hybridized carbons (Fsp3) is 0.143. The average Bonchev–Trinajstić information content (AvgIpc) is 2.31. The molecule has 0 saturated heterocycles. The van der Waals surface area contributed by atoms with Crippen molar-refractivity contribution in [3.05, 3.63) is 56.8 Å². The van der Waals surface area contributed by atoms with Gasteiger partial charge >= 0.3 is 0 Å². The van der Waals surface area contributed by atoms with Crippen LogP contribution in [0.4, 0.5) is 4.39 Å². The van der Waals surface area contributed by atoms with Gasteiger partial charge in [-0.1, -0.05) is 40.9 Å². The highest BCUT2D eigenvalue weighted by Gasteiger charge is 2.14. The Morgan fingerprint density at radius 3 is 2.26 bits per heavy atom. The smallest absolute Gasteiger partial charge is 0.123 e. The molecule has 2 aromatic rings. The zero-order valence-electron chi connectivity index (χ0n) is 10.1. The van der Waals surface area contributed by atoms with E-state index >= 15 is 0 Å². The predicted octanol–water partition coefficient (Wildman–Crippen LogP) is 5.17. The third-order valence-electron chi connectivity index (χ3n) is 2.72. The minimum absolute atomic E-state index is 0.336. The lowest BCUT2D eigenvalue weighted by atomic mass is 9.99. The van der Waals surface area contributed by atoms with Gasteiger partial charge in [0.25, 0.3) is 0 Å². The molecule has 0 saturated carbocycles. The quantitative estimate of drug-likeness (QED) is 0.823. The Bertz CT molecular complexity index is 591. The van der Waals surface area contributed by atoms with Gasteiger partial charge in [0, 0.05) is 17.1 Å². The highest BCUT2D eigenvalue weighted by atomic mass is 35.5. The Hall–Kier alpha value is -0.800. The summed E-state index contributed by atoms with van der Waals surface area (Å²) in [6, 6.07) is 7.74. The van der Waals surface area contributed by atoms with Gasteiger partial charge in [0.05, 0.1) is 10.0 Å². The van der Waals surface area contributed by atoms with E-state index in [-0.39, 0.29) is 5.82 Å². The van der Waals surface area contributed by atoms with Crippen LogP contribution in [0.25, 0.3) is 11.1 Å². The van der Waals surface area contributed by atoms with Crippen molar-refractivity contribution in [3.63, 3.8) is 0 Å². The molecule has 0 spiro atoms. The summed E-state index contributed by atoms with van der Waals surface area (Å²) < 4.78 is 13.5. The molecule has 0 aliphatic rings. The van der Waals surface area contributed by atoms with Gasteiger partial charge in [0.2, 0.25) is 0 Å². The first-order chi connectivity index (χ1) is 9.02. The van der Waals surface area contributed by atoms with Crippen molar-refractivity contribution in [2.24, 2.45) is 0 Å². The molecular formula is C14H11Cl3FN. The number of halogens is 4. The van der Waals surface area contributed by atoms with Gasteiger partial charge in [-0.3, -0.25) is 0 Å². The van der Waals surface area contributed by atoms with Crippen LogP contribution in [0.15, 0.2) is 30.3 Å². The lowest BCUT2D eigenvalue weighted by Gasteiger charge is -2.13. The van der Waals surface area contributed by atoms with E-state index in [9.17, 15) is 4.39 Å². The van der Waals surface area contributed by atoms with Crippen LogP contribution in [0.5, 0.6) is 0 Å². The molecule has 0 heterocycles. The second-order valence-electron chi connectivity index (χ2n) is 4.08. The first-order valence-corrected chi connectivity index (χ1v) is 6.74. The lowest BCUT2D eigenvalue weighted by molar-refractivity contribution is 0.627. The van der Waals surface area contributed by atoms with E-state index in [4.69, 9.17) is 34.8 Å². The van der Waals surface area contributed by atoms with Crippen molar-refractivity contribution in [3.8, 4) is 11.1 Å². The van der Waals surface area contributed by atoms with E-state index in [2.05, 4.69) is 5.32 Å². The molecule has 1 nitrogen and oxygen atoms in total. The summed E-state index contributed by atoms with van der Waals surface area (Å²) in [5.74, 6) is -0.336. The van der Waals surface area contributed by atoms with Crippen LogP contribution in [0.3, 0.4) is 0 Å². The van der Waals surface area contributed by atoms with Gasteiger partial charge in [-0.15, -0.1) is 0 Å². The molecule has 0 aromatic heterocycles. The Morgan fingerprint density at radius 2 is 1.68 bits per heavy atom. The van der Waals surface area contributed by atoms with Crippen LogP contribution in [-0.2, 0) is 6.54 Å². The number of hydrogen-bond donors (Lipinski definition) is 1. The second kappa shape index (κ2) is 6.10. The van der Waals surface area contributed by atoms with Crippen molar-refractivity contribution in [2.75, 3.05) is 7.05 Å². The third-order valence-corrected chi connectivity index (χ3v) is 3.53. The van der Waals surface area contributed by atoms with Gasteiger partial charge in [0.15, 0.2) is 0 Å². The zero-order valence-corrected chi connectivity index (χ0v) is 12.4. The maximum absolute atomic E-state index is 13.5. The van der Waals surface area contributed by atoms with E-state index in [1.807, 2.05) is 7.05 Å². The first kappa shape index (κ1) is 14.6. The molecule has 0 amide bonds. The summed E-state index contributed by atoms with van der Waals surface area (Å²) in [6.07, 6.45) is 0. The van der Waals surface area contributed by atoms with Crippen molar-refractivity contribution in [1.82, 2.24) is 5.32 Å². The zero-order chi connectivity index (χ0) is 14.0. The van der Waals surface area contributed by atoms with Gasteiger partial charge in [-0.2, -0.15) is 0 Å². The average molecular weight is 319 g/mol. The third kappa shape index (κ3) is 3.21. The summed E-state index contributed by atoms with van der Waals surface area (Å²) in [7, 11) is 1.82. The number of benzene rings is 2. The van der Waals surface area contributed by atoms with Crippen LogP contribution in [-0.4, -0.2) is 7.05 Å². The summed E-state index contributed by atoms with van der Waals surface area (Å²) in [5, 5.41) is 4.29. The summed E-state index contributed by atoms with van der Waals surface area (Å²) >= 11 is 18.3. The molecule has 2 rings (SSSR count). The van der Waals surface area contributed by atoms with Crippen LogP contribution in [0.2, 0.25) is 15.1 Å². The van der Waals surface area contributed by atoms with E-state index in [0.717, 1.165) is 5.56 Å². The van der Waals surface area contributed by atoms with E-state index in [0.29, 0.717) is 32.7 Å². The van der Waals surface area contributed by atoms with Gasteiger partial charge in [0.1, 0.15) is 5.82 Å². The predicted molar refractivity (Wildman–Crippen MR) is 79.6 cm³/mol. The van der Waals surface area contributed by atoms with Crippen LogP contribution in [0.1, 0.15) is 5.56 Å². The largest absolute Gasteiger partial charge is 0.316 e. The summed E-state index contributed by atoms with van der Waals surface area (Å²) in [6.45, 7) is 0.588. The van der Waals surface area contributed by atoms with Crippen LogP contribution >= 0.6 is 34.8 Å². The Morgan fingerprint density at radius 1 is 1.05 bits per heavy atom. The van der Waals surface area contributed by atoms with E-state index in [1.54, 1.807) is 18.2 Å². The van der Waals surface area contributed by atoms with Crippen LogP contribution in [0, 0.1) is 5.82 Å². The Labute approximate surface area is 126 Å². The molecule has 1 N–H and O–H groups in total. The molecule has 5 heteroatoms. The minimum atomic E-state index is -0.336. The van der Waals surface area contributed by atoms with Gasteiger partial charge in [-0.05, 0) is 42.4 Å². The molecule has 0 aliphatic heterocycles. The second-order valence-corrected chi connectivity index (χ2v) is 5.33. The molecule has 0 fully saturated rings.